The van der Waals surface area contributed by atoms with E-state index in [1.165, 1.54) is 6.07 Å². The standard InChI is InChI=1S/C16H10O4S/c17-12-8-9-14(18)16(10-12)21(19,20)15-7-3-5-11-4-1-2-6-13(11)15/h1-10H. The van der Waals surface area contributed by atoms with Crippen LogP contribution in [0.3, 0.4) is 0 Å². The molecule has 0 saturated heterocycles. The summed E-state index contributed by atoms with van der Waals surface area (Å²) in [6, 6.07) is 11.8. The summed E-state index contributed by atoms with van der Waals surface area (Å²) in [6.45, 7) is 0. The van der Waals surface area contributed by atoms with Gasteiger partial charge in [-0.3, -0.25) is 9.59 Å². The Hall–Kier alpha value is -2.53. The third-order valence-corrected chi connectivity index (χ3v) is 5.08. The maximum Gasteiger partial charge on any atom is 0.211 e. The molecule has 0 aromatic heterocycles. The molecule has 0 amide bonds. The van der Waals surface area contributed by atoms with Gasteiger partial charge < -0.3 is 0 Å². The Morgan fingerprint density at radius 3 is 2.33 bits per heavy atom. The lowest BCUT2D eigenvalue weighted by atomic mass is 10.1. The molecule has 0 heterocycles. The van der Waals surface area contributed by atoms with Crippen molar-refractivity contribution in [2.24, 2.45) is 0 Å². The van der Waals surface area contributed by atoms with E-state index in [0.717, 1.165) is 23.6 Å². The highest BCUT2D eigenvalue weighted by Crippen LogP contribution is 2.29. The predicted octanol–water partition coefficient (Wildman–Crippen LogP) is 2.21. The monoisotopic (exact) mass is 298 g/mol. The van der Waals surface area contributed by atoms with Gasteiger partial charge in [0.2, 0.25) is 9.84 Å². The minimum atomic E-state index is -4.03. The van der Waals surface area contributed by atoms with Crippen molar-refractivity contribution in [1.29, 1.82) is 0 Å². The number of hydrogen-bond donors (Lipinski definition) is 0. The Balaban J connectivity index is 2.27. The highest BCUT2D eigenvalue weighted by atomic mass is 32.2. The van der Waals surface area contributed by atoms with E-state index >= 15 is 0 Å². The lowest BCUT2D eigenvalue weighted by molar-refractivity contribution is -0.114. The van der Waals surface area contributed by atoms with E-state index in [2.05, 4.69) is 0 Å². The van der Waals surface area contributed by atoms with Gasteiger partial charge in [0.15, 0.2) is 11.6 Å². The Bertz CT molecular complexity index is 928. The van der Waals surface area contributed by atoms with E-state index < -0.39 is 26.3 Å². The molecule has 104 valence electrons. The quantitative estimate of drug-likeness (QED) is 0.797. The molecule has 0 bridgehead atoms. The van der Waals surface area contributed by atoms with Crippen LogP contribution in [0, 0.1) is 0 Å². The van der Waals surface area contributed by atoms with Crippen LogP contribution in [-0.2, 0) is 19.4 Å². The SMILES string of the molecule is O=C1C=CC(=O)C(S(=O)(=O)c2cccc3ccccc23)=C1. The first-order chi connectivity index (χ1) is 10.00. The summed E-state index contributed by atoms with van der Waals surface area (Å²) < 4.78 is 25.4. The van der Waals surface area contributed by atoms with E-state index in [1.807, 2.05) is 0 Å². The minimum absolute atomic E-state index is 0.0308. The van der Waals surface area contributed by atoms with Crippen molar-refractivity contribution in [3.63, 3.8) is 0 Å². The molecule has 0 unspecified atom stereocenters. The van der Waals surface area contributed by atoms with Gasteiger partial charge in [0, 0.05) is 11.5 Å². The zero-order chi connectivity index (χ0) is 15.0. The molecule has 3 rings (SSSR count). The summed E-state index contributed by atoms with van der Waals surface area (Å²) in [6.07, 6.45) is 2.92. The largest absolute Gasteiger partial charge is 0.290 e. The molecule has 0 spiro atoms. The fraction of sp³-hybridized carbons (Fsp3) is 0. The highest BCUT2D eigenvalue weighted by molar-refractivity contribution is 7.96. The third-order valence-electron chi connectivity index (χ3n) is 3.24. The molecule has 0 aliphatic heterocycles. The first kappa shape index (κ1) is 13.5. The van der Waals surface area contributed by atoms with Gasteiger partial charge in [-0.05, 0) is 23.6 Å². The maximum atomic E-state index is 12.7. The summed E-state index contributed by atoms with van der Waals surface area (Å²) >= 11 is 0. The second kappa shape index (κ2) is 4.79. The summed E-state index contributed by atoms with van der Waals surface area (Å²) in [5, 5.41) is 1.28. The molecule has 1 aliphatic carbocycles. The Labute approximate surface area is 121 Å². The van der Waals surface area contributed by atoms with Gasteiger partial charge in [0.1, 0.15) is 4.91 Å². The van der Waals surface area contributed by atoms with Crippen molar-refractivity contribution >= 4 is 32.2 Å². The fourth-order valence-corrected chi connectivity index (χ4v) is 3.82. The molecular formula is C16H10O4S. The molecule has 0 saturated carbocycles. The van der Waals surface area contributed by atoms with Crippen molar-refractivity contribution < 1.29 is 18.0 Å². The number of rotatable bonds is 2. The smallest absolute Gasteiger partial charge is 0.211 e. The third kappa shape index (κ3) is 2.21. The van der Waals surface area contributed by atoms with Crippen LogP contribution in [-0.4, -0.2) is 20.0 Å². The average molecular weight is 298 g/mol. The van der Waals surface area contributed by atoms with Crippen LogP contribution < -0.4 is 0 Å². The Morgan fingerprint density at radius 1 is 0.810 bits per heavy atom. The zero-order valence-electron chi connectivity index (χ0n) is 10.8. The Morgan fingerprint density at radius 2 is 1.52 bits per heavy atom. The van der Waals surface area contributed by atoms with Crippen LogP contribution in [0.1, 0.15) is 0 Å². The molecule has 0 radical (unpaired) electrons. The Kier molecular flexibility index (Phi) is 3.07. The van der Waals surface area contributed by atoms with E-state index in [4.69, 9.17) is 0 Å². The van der Waals surface area contributed by atoms with Gasteiger partial charge in [-0.25, -0.2) is 8.42 Å². The van der Waals surface area contributed by atoms with Crippen molar-refractivity contribution in [1.82, 2.24) is 0 Å². The molecule has 5 heteroatoms. The number of carbonyl (C=O) groups is 2. The van der Waals surface area contributed by atoms with Crippen LogP contribution in [0.5, 0.6) is 0 Å². The molecule has 21 heavy (non-hydrogen) atoms. The number of hydrogen-bond acceptors (Lipinski definition) is 4. The van der Waals surface area contributed by atoms with Crippen LogP contribution in [0.2, 0.25) is 0 Å². The number of allylic oxidation sites excluding steroid dienone is 4. The number of carbonyl (C=O) groups excluding carboxylic acids is 2. The molecule has 0 N–H and O–H groups in total. The lowest BCUT2D eigenvalue weighted by Gasteiger charge is -2.11. The fourth-order valence-electron chi connectivity index (χ4n) is 2.25. The van der Waals surface area contributed by atoms with Crippen LogP contribution in [0.4, 0.5) is 0 Å². The molecule has 0 fully saturated rings. The number of fused-ring (bicyclic) bond motifs is 1. The topological polar surface area (TPSA) is 68.3 Å². The summed E-state index contributed by atoms with van der Waals surface area (Å²) in [5.41, 5.74) is 0. The summed E-state index contributed by atoms with van der Waals surface area (Å²) in [5.74, 6) is -1.18. The molecule has 0 atom stereocenters. The van der Waals surface area contributed by atoms with Crippen LogP contribution >= 0.6 is 0 Å². The van der Waals surface area contributed by atoms with Gasteiger partial charge in [-0.15, -0.1) is 0 Å². The van der Waals surface area contributed by atoms with Gasteiger partial charge in [-0.2, -0.15) is 0 Å². The van der Waals surface area contributed by atoms with Crippen LogP contribution in [0.15, 0.2) is 70.5 Å². The summed E-state index contributed by atoms with van der Waals surface area (Å²) in [7, 11) is -4.03. The van der Waals surface area contributed by atoms with E-state index in [9.17, 15) is 18.0 Å². The first-order valence-corrected chi connectivity index (χ1v) is 7.69. The molecule has 2 aromatic rings. The second-order valence-corrected chi connectivity index (χ2v) is 6.48. The van der Waals surface area contributed by atoms with Gasteiger partial charge >= 0.3 is 0 Å². The van der Waals surface area contributed by atoms with Crippen LogP contribution in [0.25, 0.3) is 10.8 Å². The van der Waals surface area contributed by atoms with Crippen molar-refractivity contribution in [2.45, 2.75) is 4.90 Å². The van der Waals surface area contributed by atoms with Gasteiger partial charge in [-0.1, -0.05) is 36.4 Å². The van der Waals surface area contributed by atoms with Crippen molar-refractivity contribution in [2.75, 3.05) is 0 Å². The van der Waals surface area contributed by atoms with Crippen molar-refractivity contribution in [3.8, 4) is 0 Å². The number of sulfone groups is 1. The molecule has 4 nitrogen and oxygen atoms in total. The normalized spacial score (nSPS) is 15.3. The minimum Gasteiger partial charge on any atom is -0.290 e. The molecule has 2 aromatic carbocycles. The predicted molar refractivity (Wildman–Crippen MR) is 78.4 cm³/mol. The average Bonchev–Trinajstić information content (AvgIpc) is 2.49. The summed E-state index contributed by atoms with van der Waals surface area (Å²) in [4.78, 5) is 22.7. The van der Waals surface area contributed by atoms with Gasteiger partial charge in [0.05, 0.1) is 4.90 Å². The lowest BCUT2D eigenvalue weighted by Crippen LogP contribution is -2.17. The molecule has 1 aliphatic rings. The van der Waals surface area contributed by atoms with E-state index in [-0.39, 0.29) is 4.90 Å². The maximum absolute atomic E-state index is 12.7. The number of ketones is 2. The second-order valence-electron chi connectivity index (χ2n) is 4.59. The van der Waals surface area contributed by atoms with E-state index in [1.54, 1.807) is 36.4 Å². The van der Waals surface area contributed by atoms with Crippen molar-refractivity contribution in [3.05, 3.63) is 65.6 Å². The van der Waals surface area contributed by atoms with E-state index in [0.29, 0.717) is 5.39 Å². The molecular weight excluding hydrogens is 288 g/mol. The first-order valence-electron chi connectivity index (χ1n) is 6.21. The number of benzene rings is 2. The zero-order valence-corrected chi connectivity index (χ0v) is 11.6. The van der Waals surface area contributed by atoms with Gasteiger partial charge in [0.25, 0.3) is 0 Å². The highest BCUT2D eigenvalue weighted by Gasteiger charge is 2.29.